The van der Waals surface area contributed by atoms with Crippen molar-refractivity contribution in [2.24, 2.45) is 0 Å². The first kappa shape index (κ1) is 40.9. The van der Waals surface area contributed by atoms with Crippen LogP contribution in [0.2, 0.25) is 0 Å². The molecule has 14 aromatic carbocycles. The van der Waals surface area contributed by atoms with Gasteiger partial charge in [-0.1, -0.05) is 218 Å². The maximum Gasteiger partial charge on any atom is 0.143 e. The Morgan fingerprint density at radius 1 is 0.189 bits per heavy atom. The summed E-state index contributed by atoms with van der Waals surface area (Å²) in [7, 11) is 0. The molecule has 0 aliphatic rings. The van der Waals surface area contributed by atoms with Crippen molar-refractivity contribution in [1.82, 2.24) is 0 Å². The zero-order chi connectivity index (χ0) is 48.4. The van der Waals surface area contributed by atoms with E-state index in [9.17, 15) is 0 Å². The van der Waals surface area contributed by atoms with E-state index in [1.54, 1.807) is 0 Å². The zero-order valence-corrected chi connectivity index (χ0v) is 40.1. The van der Waals surface area contributed by atoms with Crippen molar-refractivity contribution in [3.05, 3.63) is 255 Å². The van der Waals surface area contributed by atoms with Gasteiger partial charge in [-0.25, -0.2) is 0 Å². The van der Waals surface area contributed by atoms with Crippen LogP contribution in [0.4, 0.5) is 0 Å². The fraction of sp³-hybridized carbons (Fsp3) is 0. The van der Waals surface area contributed by atoms with E-state index >= 15 is 0 Å². The summed E-state index contributed by atoms with van der Waals surface area (Å²) in [6.07, 6.45) is 0. The molecule has 0 amide bonds. The largest absolute Gasteiger partial charge is 0.456 e. The fourth-order valence-electron chi connectivity index (χ4n) is 12.6. The Hall–Kier alpha value is -9.76. The normalized spacial score (nSPS) is 12.1. The summed E-state index contributed by atoms with van der Waals surface area (Å²) in [5.41, 5.74) is 15.5. The molecular formula is C72H42O2. The van der Waals surface area contributed by atoms with E-state index in [-0.39, 0.29) is 0 Å². The van der Waals surface area contributed by atoms with Crippen LogP contribution in [0.15, 0.2) is 264 Å². The van der Waals surface area contributed by atoms with Gasteiger partial charge in [-0.3, -0.25) is 0 Å². The lowest BCUT2D eigenvalue weighted by atomic mass is 9.83. The molecule has 2 aromatic heterocycles. The molecule has 342 valence electrons. The first-order valence-electron chi connectivity index (χ1n) is 25.5. The number of para-hydroxylation sites is 1. The summed E-state index contributed by atoms with van der Waals surface area (Å²) in [6, 6.07) is 93.0. The lowest BCUT2D eigenvalue weighted by molar-refractivity contribution is 0.669. The van der Waals surface area contributed by atoms with Gasteiger partial charge in [0.05, 0.1) is 0 Å². The van der Waals surface area contributed by atoms with Crippen molar-refractivity contribution >= 4 is 109 Å². The molecule has 0 radical (unpaired) electrons. The summed E-state index contributed by atoms with van der Waals surface area (Å²) in [6.45, 7) is 0. The molecule has 16 aromatic rings. The predicted molar refractivity (Wildman–Crippen MR) is 313 cm³/mol. The third-order valence-corrected chi connectivity index (χ3v) is 15.8. The standard InChI is InChI=1S/C72H42O2/c1-2-17-43(18-3-1)48-35-36-59(50-22-7-6-21-49(48)50)70-55-27-12-8-23-51(55)68(52-24-9-13-28-56(52)70)46-34-38-66-62(40-46)60-31-16-32-61(72(60)74-66)71-57-29-14-10-25-53(57)69(54-26-11-15-30-58(54)71)47-33-37-65-63(41-47)64-39-44-19-4-5-20-45(44)42-67(64)73-65/h1-42H. The maximum absolute atomic E-state index is 7.08. The van der Waals surface area contributed by atoms with Crippen molar-refractivity contribution in [1.29, 1.82) is 0 Å². The van der Waals surface area contributed by atoms with Gasteiger partial charge in [0, 0.05) is 32.7 Å². The topological polar surface area (TPSA) is 26.3 Å². The lowest BCUT2D eigenvalue weighted by Crippen LogP contribution is -1.92. The number of fused-ring (bicyclic) bond motifs is 12. The Bertz CT molecular complexity index is 4900. The molecule has 2 heteroatoms. The Labute approximate surface area is 425 Å². The Balaban J connectivity index is 0.883. The van der Waals surface area contributed by atoms with Gasteiger partial charge in [0.2, 0.25) is 0 Å². The van der Waals surface area contributed by atoms with E-state index in [0.717, 1.165) is 60.6 Å². The first-order chi connectivity index (χ1) is 36.7. The Morgan fingerprint density at radius 2 is 0.595 bits per heavy atom. The molecule has 0 fully saturated rings. The number of furan rings is 2. The minimum atomic E-state index is 0.866. The highest BCUT2D eigenvalue weighted by Crippen LogP contribution is 2.50. The van der Waals surface area contributed by atoms with Gasteiger partial charge in [-0.15, -0.1) is 0 Å². The molecule has 0 saturated carbocycles. The molecule has 0 bridgehead atoms. The van der Waals surface area contributed by atoms with Gasteiger partial charge in [0.15, 0.2) is 0 Å². The first-order valence-corrected chi connectivity index (χ1v) is 25.5. The van der Waals surface area contributed by atoms with Crippen molar-refractivity contribution in [3.63, 3.8) is 0 Å². The van der Waals surface area contributed by atoms with Crippen LogP contribution in [0.1, 0.15) is 0 Å². The summed E-state index contributed by atoms with van der Waals surface area (Å²) in [5.74, 6) is 0. The van der Waals surface area contributed by atoms with Gasteiger partial charge in [0.25, 0.3) is 0 Å². The third-order valence-electron chi connectivity index (χ3n) is 15.8. The number of hydrogen-bond donors (Lipinski definition) is 0. The zero-order valence-electron chi connectivity index (χ0n) is 40.1. The van der Waals surface area contributed by atoms with Crippen LogP contribution in [0.5, 0.6) is 0 Å². The highest BCUT2D eigenvalue weighted by molar-refractivity contribution is 6.27. The summed E-state index contributed by atoms with van der Waals surface area (Å²) < 4.78 is 13.6. The average Bonchev–Trinajstić information content (AvgIpc) is 4.03. The monoisotopic (exact) mass is 938 g/mol. The molecular weight excluding hydrogens is 897 g/mol. The van der Waals surface area contributed by atoms with E-state index in [1.165, 1.54) is 104 Å². The lowest BCUT2D eigenvalue weighted by Gasteiger charge is -2.19. The van der Waals surface area contributed by atoms with Crippen LogP contribution in [-0.2, 0) is 0 Å². The molecule has 16 rings (SSSR count). The number of benzene rings is 14. The van der Waals surface area contributed by atoms with E-state index < -0.39 is 0 Å². The van der Waals surface area contributed by atoms with Crippen LogP contribution in [0.25, 0.3) is 164 Å². The van der Waals surface area contributed by atoms with Crippen LogP contribution in [-0.4, -0.2) is 0 Å². The minimum absolute atomic E-state index is 0.866. The molecule has 0 aliphatic heterocycles. The smallest absolute Gasteiger partial charge is 0.143 e. The van der Waals surface area contributed by atoms with Gasteiger partial charge in [-0.05, 0) is 146 Å². The second kappa shape index (κ2) is 15.9. The summed E-state index contributed by atoms with van der Waals surface area (Å²) in [4.78, 5) is 0. The molecule has 2 heterocycles. The second-order valence-electron chi connectivity index (χ2n) is 19.8. The van der Waals surface area contributed by atoms with Gasteiger partial charge in [-0.2, -0.15) is 0 Å². The SMILES string of the molecule is c1ccc(-c2ccc(-c3c4ccccc4c(-c4ccc5oc6c(-c7c8ccccc8c(-c8ccc9oc%10cc%11ccccc%11cc%10c9c8)c8ccccc78)cccc6c5c4)c4ccccc34)c3ccccc23)cc1. The van der Waals surface area contributed by atoms with Crippen LogP contribution < -0.4 is 0 Å². The molecule has 0 atom stereocenters. The van der Waals surface area contributed by atoms with Crippen molar-refractivity contribution in [2.45, 2.75) is 0 Å². The Morgan fingerprint density at radius 3 is 1.16 bits per heavy atom. The highest BCUT2D eigenvalue weighted by atomic mass is 16.3. The van der Waals surface area contributed by atoms with E-state index in [2.05, 4.69) is 255 Å². The quantitative estimate of drug-likeness (QED) is 0.161. The maximum atomic E-state index is 7.08. The van der Waals surface area contributed by atoms with Crippen molar-refractivity contribution in [2.75, 3.05) is 0 Å². The summed E-state index contributed by atoms with van der Waals surface area (Å²) in [5, 5.41) is 18.9. The van der Waals surface area contributed by atoms with Crippen molar-refractivity contribution in [3.8, 4) is 55.6 Å². The number of rotatable bonds is 5. The van der Waals surface area contributed by atoms with Crippen molar-refractivity contribution < 1.29 is 8.83 Å². The molecule has 0 N–H and O–H groups in total. The average molecular weight is 939 g/mol. The molecule has 0 aliphatic carbocycles. The molecule has 2 nitrogen and oxygen atoms in total. The van der Waals surface area contributed by atoms with E-state index in [0.29, 0.717) is 0 Å². The Kier molecular flexibility index (Phi) is 8.78. The van der Waals surface area contributed by atoms with Gasteiger partial charge in [0.1, 0.15) is 22.3 Å². The van der Waals surface area contributed by atoms with Crippen LogP contribution in [0.3, 0.4) is 0 Å². The van der Waals surface area contributed by atoms with E-state index in [1.807, 2.05) is 0 Å². The number of hydrogen-bond acceptors (Lipinski definition) is 2. The molecule has 0 unspecified atom stereocenters. The minimum Gasteiger partial charge on any atom is -0.456 e. The second-order valence-corrected chi connectivity index (χ2v) is 19.8. The predicted octanol–water partition coefficient (Wildman–Crippen LogP) is 20.7. The van der Waals surface area contributed by atoms with Gasteiger partial charge < -0.3 is 8.83 Å². The molecule has 0 spiro atoms. The highest BCUT2D eigenvalue weighted by Gasteiger charge is 2.23. The molecule has 74 heavy (non-hydrogen) atoms. The fourth-order valence-corrected chi connectivity index (χ4v) is 12.6. The van der Waals surface area contributed by atoms with Gasteiger partial charge >= 0.3 is 0 Å². The third kappa shape index (κ3) is 6.00. The summed E-state index contributed by atoms with van der Waals surface area (Å²) >= 11 is 0. The van der Waals surface area contributed by atoms with Crippen LogP contribution >= 0.6 is 0 Å². The van der Waals surface area contributed by atoms with Crippen LogP contribution in [0, 0.1) is 0 Å². The van der Waals surface area contributed by atoms with E-state index in [4.69, 9.17) is 8.83 Å². The molecule has 0 saturated heterocycles.